The van der Waals surface area contributed by atoms with Gasteiger partial charge in [0.05, 0.1) is 13.2 Å². The fourth-order valence-corrected chi connectivity index (χ4v) is 2.63. The molecule has 3 N–H and O–H groups in total. The number of nitrogens with one attached hydrogen (secondary N) is 1. The molecule has 0 atom stereocenters. The van der Waals surface area contributed by atoms with Crippen LogP contribution in [0.1, 0.15) is 23.6 Å². The Morgan fingerprint density at radius 3 is 2.56 bits per heavy atom. The first-order valence-corrected chi connectivity index (χ1v) is 8.86. The molecule has 0 aliphatic rings. The minimum atomic E-state index is 0.161. The summed E-state index contributed by atoms with van der Waals surface area (Å²) >= 11 is 6.42. The van der Waals surface area contributed by atoms with Gasteiger partial charge in [-0.1, -0.05) is 46.5 Å². The van der Waals surface area contributed by atoms with E-state index in [2.05, 4.69) is 33.1 Å². The topological polar surface area (TPSA) is 100 Å². The minimum Gasteiger partial charge on any atom is -0.490 e. The van der Waals surface area contributed by atoms with Gasteiger partial charge in [-0.25, -0.2) is 0 Å². The highest BCUT2D eigenvalue weighted by Gasteiger charge is 2.12. The molecule has 1 heterocycles. The Balaban J connectivity index is 1.74. The molecule has 2 aromatic carbocycles. The molecule has 0 spiro atoms. The molecule has 0 saturated heterocycles. The van der Waals surface area contributed by atoms with Crippen LogP contribution in [0.15, 0.2) is 36.4 Å². The number of halogens is 1. The third kappa shape index (κ3) is 4.79. The zero-order valence-corrected chi connectivity index (χ0v) is 15.9. The summed E-state index contributed by atoms with van der Waals surface area (Å²) in [6, 6.07) is 11.8. The average Bonchev–Trinajstić information content (AvgIpc) is 3.07. The largest absolute Gasteiger partial charge is 0.490 e. The van der Waals surface area contributed by atoms with Crippen molar-refractivity contribution in [2.75, 3.05) is 17.8 Å². The van der Waals surface area contributed by atoms with Gasteiger partial charge < -0.3 is 20.6 Å². The Morgan fingerprint density at radius 1 is 1.15 bits per heavy atom. The Kier molecular flexibility index (Phi) is 5.97. The Morgan fingerprint density at radius 2 is 1.89 bits per heavy atom. The SMILES string of the molecule is CCOc1cc(CNn2nnnc2N)c(Cl)cc1OCc1ccc(C)cc1. The molecular weight excluding hydrogens is 368 g/mol. The van der Waals surface area contributed by atoms with Crippen molar-refractivity contribution in [3.05, 3.63) is 58.1 Å². The third-order valence-corrected chi connectivity index (χ3v) is 4.19. The van der Waals surface area contributed by atoms with E-state index in [9.17, 15) is 0 Å². The Hall–Kier alpha value is -3.00. The molecule has 0 bridgehead atoms. The fourth-order valence-electron chi connectivity index (χ4n) is 2.41. The number of hydrogen-bond acceptors (Lipinski definition) is 7. The van der Waals surface area contributed by atoms with Crippen LogP contribution >= 0.6 is 11.6 Å². The number of nitrogens with zero attached hydrogens (tertiary/aromatic N) is 4. The number of ether oxygens (including phenoxy) is 2. The van der Waals surface area contributed by atoms with Crippen molar-refractivity contribution in [1.82, 2.24) is 20.3 Å². The maximum absolute atomic E-state index is 6.42. The van der Waals surface area contributed by atoms with Crippen molar-refractivity contribution in [3.63, 3.8) is 0 Å². The number of hydrogen-bond donors (Lipinski definition) is 2. The lowest BCUT2D eigenvalue weighted by Crippen LogP contribution is -2.18. The second-order valence-electron chi connectivity index (χ2n) is 5.88. The highest BCUT2D eigenvalue weighted by atomic mass is 35.5. The van der Waals surface area contributed by atoms with Gasteiger partial charge in [0.2, 0.25) is 0 Å². The van der Waals surface area contributed by atoms with Crippen LogP contribution < -0.4 is 20.6 Å². The Bertz CT molecular complexity index is 897. The monoisotopic (exact) mass is 388 g/mol. The van der Waals surface area contributed by atoms with Gasteiger partial charge in [0.25, 0.3) is 5.95 Å². The number of nitrogens with two attached hydrogens (primary N) is 1. The van der Waals surface area contributed by atoms with Crippen LogP contribution in [0.3, 0.4) is 0 Å². The number of anilines is 1. The van der Waals surface area contributed by atoms with Crippen LogP contribution in [0.25, 0.3) is 0 Å². The van der Waals surface area contributed by atoms with Crippen LogP contribution in [-0.4, -0.2) is 26.9 Å². The summed E-state index contributed by atoms with van der Waals surface area (Å²) in [6.07, 6.45) is 0. The van der Waals surface area contributed by atoms with Crippen molar-refractivity contribution in [2.45, 2.75) is 27.0 Å². The lowest BCUT2D eigenvalue weighted by Gasteiger charge is -2.15. The van der Waals surface area contributed by atoms with Gasteiger partial charge in [-0.3, -0.25) is 0 Å². The van der Waals surface area contributed by atoms with Crippen LogP contribution in [0.2, 0.25) is 5.02 Å². The first-order chi connectivity index (χ1) is 13.1. The molecule has 0 saturated carbocycles. The van der Waals surface area contributed by atoms with E-state index in [1.807, 2.05) is 32.0 Å². The number of tetrazole rings is 1. The smallest absolute Gasteiger partial charge is 0.260 e. The summed E-state index contributed by atoms with van der Waals surface area (Å²) in [6.45, 7) is 5.27. The maximum Gasteiger partial charge on any atom is 0.260 e. The predicted octanol–water partition coefficient (Wildman–Crippen LogP) is 2.94. The highest BCUT2D eigenvalue weighted by Crippen LogP contribution is 2.34. The van der Waals surface area contributed by atoms with Crippen LogP contribution in [0.5, 0.6) is 11.5 Å². The van der Waals surface area contributed by atoms with Crippen LogP contribution in [0, 0.1) is 6.92 Å². The predicted molar refractivity (Wildman–Crippen MR) is 103 cm³/mol. The molecule has 3 rings (SSSR count). The van der Waals surface area contributed by atoms with E-state index in [1.54, 1.807) is 6.07 Å². The first-order valence-electron chi connectivity index (χ1n) is 8.48. The normalized spacial score (nSPS) is 10.6. The van der Waals surface area contributed by atoms with Gasteiger partial charge in [-0.2, -0.15) is 0 Å². The van der Waals surface area contributed by atoms with E-state index in [4.69, 9.17) is 26.8 Å². The molecule has 1 aromatic heterocycles. The standard InChI is InChI=1S/C18H21ClN6O2/c1-3-26-16-8-14(10-21-25-18(20)22-23-24-25)15(19)9-17(16)27-11-13-6-4-12(2)5-7-13/h4-9,21H,3,10-11H2,1-2H3,(H2,20,22,24). The zero-order valence-electron chi connectivity index (χ0n) is 15.1. The molecule has 8 nitrogen and oxygen atoms in total. The molecule has 0 aliphatic heterocycles. The molecule has 0 radical (unpaired) electrons. The van der Waals surface area contributed by atoms with Crippen molar-refractivity contribution in [2.24, 2.45) is 0 Å². The van der Waals surface area contributed by atoms with Gasteiger partial charge in [-0.05, 0) is 41.5 Å². The molecule has 9 heteroatoms. The summed E-state index contributed by atoms with van der Waals surface area (Å²) in [4.78, 5) is 1.28. The van der Waals surface area contributed by atoms with E-state index < -0.39 is 0 Å². The van der Waals surface area contributed by atoms with Gasteiger partial charge in [0.15, 0.2) is 11.5 Å². The number of nitrogen functional groups attached to an aromatic ring is 1. The molecule has 0 amide bonds. The second kappa shape index (κ2) is 8.59. The summed E-state index contributed by atoms with van der Waals surface area (Å²) < 4.78 is 11.7. The summed E-state index contributed by atoms with van der Waals surface area (Å²) in [7, 11) is 0. The van der Waals surface area contributed by atoms with Gasteiger partial charge in [-0.15, -0.1) is 4.79 Å². The number of aromatic nitrogens is 4. The lowest BCUT2D eigenvalue weighted by molar-refractivity contribution is 0.269. The van der Waals surface area contributed by atoms with Crippen molar-refractivity contribution in [1.29, 1.82) is 0 Å². The first kappa shape index (κ1) is 18.8. The average molecular weight is 389 g/mol. The number of benzene rings is 2. The van der Waals surface area contributed by atoms with E-state index in [0.717, 1.165) is 11.1 Å². The molecule has 142 valence electrons. The quantitative estimate of drug-likeness (QED) is 0.611. The fraction of sp³-hybridized carbons (Fsp3) is 0.278. The second-order valence-corrected chi connectivity index (χ2v) is 6.29. The van der Waals surface area contributed by atoms with Gasteiger partial charge >= 0.3 is 0 Å². The van der Waals surface area contributed by atoms with Crippen LogP contribution in [0.4, 0.5) is 5.95 Å². The molecule has 27 heavy (non-hydrogen) atoms. The van der Waals surface area contributed by atoms with Crippen molar-refractivity contribution < 1.29 is 9.47 Å². The van der Waals surface area contributed by atoms with E-state index >= 15 is 0 Å². The van der Waals surface area contributed by atoms with Crippen molar-refractivity contribution >= 4 is 17.5 Å². The number of rotatable bonds is 8. The van der Waals surface area contributed by atoms with E-state index in [1.165, 1.54) is 10.4 Å². The Labute approximate surface area is 162 Å². The lowest BCUT2D eigenvalue weighted by atomic mass is 10.1. The maximum atomic E-state index is 6.42. The highest BCUT2D eigenvalue weighted by molar-refractivity contribution is 6.31. The minimum absolute atomic E-state index is 0.161. The molecular formula is C18H21ClN6O2. The molecule has 0 unspecified atom stereocenters. The third-order valence-electron chi connectivity index (χ3n) is 3.84. The molecule has 0 fully saturated rings. The van der Waals surface area contributed by atoms with Gasteiger partial charge in [0.1, 0.15) is 6.61 Å². The van der Waals surface area contributed by atoms with E-state index in [0.29, 0.717) is 36.3 Å². The van der Waals surface area contributed by atoms with Crippen LogP contribution in [-0.2, 0) is 13.2 Å². The summed E-state index contributed by atoms with van der Waals surface area (Å²) in [5.41, 5.74) is 11.7. The van der Waals surface area contributed by atoms with E-state index in [-0.39, 0.29) is 5.95 Å². The molecule has 3 aromatic rings. The van der Waals surface area contributed by atoms with Crippen molar-refractivity contribution in [3.8, 4) is 11.5 Å². The summed E-state index contributed by atoms with van der Waals surface area (Å²) in [5, 5.41) is 11.3. The van der Waals surface area contributed by atoms with Gasteiger partial charge in [0, 0.05) is 11.1 Å². The zero-order chi connectivity index (χ0) is 19.2. The molecule has 0 aliphatic carbocycles. The summed E-state index contributed by atoms with van der Waals surface area (Å²) in [5.74, 6) is 1.37. The number of aryl methyl sites for hydroxylation is 1.